The first-order valence-corrected chi connectivity index (χ1v) is 11.0. The monoisotopic (exact) mass is 505 g/mol. The Balaban J connectivity index is 0.000000264. The quantitative estimate of drug-likeness (QED) is 0.344. The van der Waals surface area contributed by atoms with Gasteiger partial charge >= 0.3 is 11.9 Å². The van der Waals surface area contributed by atoms with E-state index in [1.165, 1.54) is 36.5 Å². The van der Waals surface area contributed by atoms with Crippen LogP contribution >= 0.6 is 0 Å². The summed E-state index contributed by atoms with van der Waals surface area (Å²) in [6, 6.07) is 8.47. The Morgan fingerprint density at radius 3 is 2.17 bits per heavy atom. The van der Waals surface area contributed by atoms with Crippen LogP contribution in [0.1, 0.15) is 39.6 Å². The van der Waals surface area contributed by atoms with Gasteiger partial charge in [-0.25, -0.2) is 14.0 Å². The smallest absolute Gasteiger partial charge is 0.341 e. The van der Waals surface area contributed by atoms with Gasteiger partial charge in [-0.15, -0.1) is 0 Å². The van der Waals surface area contributed by atoms with Gasteiger partial charge in [-0.2, -0.15) is 0 Å². The van der Waals surface area contributed by atoms with Crippen LogP contribution in [0.15, 0.2) is 47.4 Å². The minimum absolute atomic E-state index is 0. The fourth-order valence-corrected chi connectivity index (χ4v) is 4.00. The van der Waals surface area contributed by atoms with E-state index in [4.69, 9.17) is 10.2 Å². The number of aromatic nitrogens is 1. The number of quaternary nitrogens is 1. The summed E-state index contributed by atoms with van der Waals surface area (Å²) in [4.78, 5) is 36.0. The molecule has 186 valence electrons. The largest absolute Gasteiger partial charge is 1.00 e. The summed E-state index contributed by atoms with van der Waals surface area (Å²) >= 11 is 0. The molecule has 1 saturated heterocycles. The number of carboxylic acid groups (broad SMARTS) is 2. The molecule has 0 atom stereocenters. The number of aromatic carboxylic acids is 2. The molecule has 1 aromatic heterocycles. The summed E-state index contributed by atoms with van der Waals surface area (Å²) < 4.78 is 16.5. The van der Waals surface area contributed by atoms with Gasteiger partial charge in [0, 0.05) is 17.6 Å². The van der Waals surface area contributed by atoms with Gasteiger partial charge in [0.15, 0.2) is 0 Å². The Hall–Kier alpha value is -3.63. The molecule has 5 rings (SSSR count). The number of hydrogen-bond donors (Lipinski definition) is 4. The number of pyridine rings is 1. The summed E-state index contributed by atoms with van der Waals surface area (Å²) in [7, 11) is 0. The van der Waals surface area contributed by atoms with E-state index in [1.807, 2.05) is 9.47 Å². The number of rotatable bonds is 4. The van der Waals surface area contributed by atoms with E-state index in [0.717, 1.165) is 39.0 Å². The first-order chi connectivity index (χ1) is 16.3. The SMILES string of the molecule is O=C(O)c1ccc(O)cc1.O=C(O)c1cn(C2CC2)c2cc(N3CC[NH2+]CC3)c(F)cc2c1=O.[Cl-]. The first-order valence-electron chi connectivity index (χ1n) is 11.0. The van der Waals surface area contributed by atoms with E-state index in [9.17, 15) is 23.9 Å². The minimum Gasteiger partial charge on any atom is -1.00 e. The zero-order valence-corrected chi connectivity index (χ0v) is 19.4. The fourth-order valence-electron chi connectivity index (χ4n) is 4.00. The normalized spacial score (nSPS) is 15.1. The number of carbonyl (C=O) groups is 2. The fraction of sp³-hybridized carbons (Fsp3) is 0.292. The molecule has 2 aromatic carbocycles. The second-order valence-electron chi connectivity index (χ2n) is 8.34. The average molecular weight is 506 g/mol. The third-order valence-electron chi connectivity index (χ3n) is 5.93. The highest BCUT2D eigenvalue weighted by Crippen LogP contribution is 2.38. The molecule has 2 fully saturated rings. The summed E-state index contributed by atoms with van der Waals surface area (Å²) in [5.74, 6) is -2.65. The van der Waals surface area contributed by atoms with Crippen LogP contribution in [-0.2, 0) is 0 Å². The molecule has 0 spiro atoms. The molecule has 2 aliphatic rings. The van der Waals surface area contributed by atoms with Gasteiger partial charge in [0.1, 0.15) is 17.1 Å². The van der Waals surface area contributed by atoms with Crippen molar-refractivity contribution >= 4 is 28.5 Å². The van der Waals surface area contributed by atoms with E-state index in [2.05, 4.69) is 5.32 Å². The number of benzene rings is 2. The van der Waals surface area contributed by atoms with Crippen molar-refractivity contribution < 1.29 is 47.0 Å². The highest BCUT2D eigenvalue weighted by molar-refractivity contribution is 5.93. The number of nitrogens with two attached hydrogens (primary N) is 1. The van der Waals surface area contributed by atoms with Crippen LogP contribution in [0.5, 0.6) is 5.75 Å². The lowest BCUT2D eigenvalue weighted by Crippen LogP contribution is -3.00. The second kappa shape index (κ2) is 10.7. The van der Waals surface area contributed by atoms with Gasteiger partial charge in [-0.1, -0.05) is 0 Å². The standard InChI is InChI=1S/C17H18FN3O3.C7H6O3.ClH/c18-13-7-11-14(8-15(13)20-5-3-19-4-6-20)21(10-1-2-10)9-12(16(11)22)17(23)24;8-6-3-1-5(2-4-6)7(9)10;/h7-10,19H,1-6H2,(H,23,24);1-4,8H,(H,9,10);1H. The van der Waals surface area contributed by atoms with Crippen molar-refractivity contribution in [2.45, 2.75) is 18.9 Å². The van der Waals surface area contributed by atoms with Gasteiger partial charge < -0.3 is 42.5 Å². The number of hydrogen-bond acceptors (Lipinski definition) is 5. The number of nitrogens with zero attached hydrogens (tertiary/aromatic N) is 2. The summed E-state index contributed by atoms with van der Waals surface area (Å²) in [5, 5.41) is 28.7. The molecule has 0 amide bonds. The lowest BCUT2D eigenvalue weighted by atomic mass is 10.1. The second-order valence-corrected chi connectivity index (χ2v) is 8.34. The summed E-state index contributed by atoms with van der Waals surface area (Å²) in [5.41, 5.74) is 0.379. The Labute approximate surface area is 205 Å². The maximum Gasteiger partial charge on any atom is 0.341 e. The Morgan fingerprint density at radius 1 is 1.00 bits per heavy atom. The van der Waals surface area contributed by atoms with Crippen LogP contribution in [0.3, 0.4) is 0 Å². The van der Waals surface area contributed by atoms with Gasteiger partial charge in [0.25, 0.3) is 0 Å². The summed E-state index contributed by atoms with van der Waals surface area (Å²) in [6.45, 7) is 3.32. The van der Waals surface area contributed by atoms with E-state index >= 15 is 0 Å². The Morgan fingerprint density at radius 2 is 1.63 bits per heavy atom. The first kappa shape index (κ1) is 26.0. The summed E-state index contributed by atoms with van der Waals surface area (Å²) in [6.07, 6.45) is 3.31. The van der Waals surface area contributed by atoms with E-state index in [1.54, 1.807) is 6.07 Å². The third-order valence-corrected chi connectivity index (χ3v) is 5.93. The average Bonchev–Trinajstić information content (AvgIpc) is 3.66. The Kier molecular flexibility index (Phi) is 7.98. The molecule has 1 aliphatic heterocycles. The molecule has 2 heterocycles. The van der Waals surface area contributed by atoms with Gasteiger partial charge in [-0.05, 0) is 49.2 Å². The molecule has 0 bridgehead atoms. The van der Waals surface area contributed by atoms with Crippen LogP contribution in [0.4, 0.5) is 10.1 Å². The molecule has 3 aromatic rings. The number of piperazine rings is 1. The molecule has 5 N–H and O–H groups in total. The molecule has 1 saturated carbocycles. The van der Waals surface area contributed by atoms with Gasteiger partial charge in [0.05, 0.1) is 42.9 Å². The molecule has 0 unspecified atom stereocenters. The van der Waals surface area contributed by atoms with Crippen LogP contribution in [0.25, 0.3) is 10.9 Å². The number of aromatic hydroxyl groups is 1. The highest BCUT2D eigenvalue weighted by Gasteiger charge is 2.28. The molecule has 0 radical (unpaired) electrons. The number of fused-ring (bicyclic) bond motifs is 1. The van der Waals surface area contributed by atoms with E-state index < -0.39 is 23.2 Å². The van der Waals surface area contributed by atoms with E-state index in [-0.39, 0.29) is 40.7 Å². The van der Waals surface area contributed by atoms with Crippen LogP contribution in [-0.4, -0.2) is 58.0 Å². The topological polar surface area (TPSA) is 137 Å². The zero-order chi connectivity index (χ0) is 24.4. The predicted octanol–water partition coefficient (Wildman–Crippen LogP) is -1.35. The molecule has 35 heavy (non-hydrogen) atoms. The zero-order valence-electron chi connectivity index (χ0n) is 18.7. The highest BCUT2D eigenvalue weighted by atomic mass is 35.5. The third kappa shape index (κ3) is 5.72. The number of anilines is 1. The molecular weight excluding hydrogens is 481 g/mol. The number of halogens is 2. The number of phenols is 1. The molecule has 1 aliphatic carbocycles. The Bertz CT molecular complexity index is 1300. The van der Waals surface area contributed by atoms with Crippen molar-refractivity contribution in [3.8, 4) is 5.75 Å². The van der Waals surface area contributed by atoms with Crippen molar-refractivity contribution in [2.75, 3.05) is 31.1 Å². The molecule has 9 nitrogen and oxygen atoms in total. The molecular formula is C24H25ClFN3O6. The molecule has 11 heteroatoms. The van der Waals surface area contributed by atoms with Crippen molar-refractivity contribution in [1.29, 1.82) is 0 Å². The van der Waals surface area contributed by atoms with Crippen molar-refractivity contribution in [1.82, 2.24) is 4.57 Å². The van der Waals surface area contributed by atoms with Crippen molar-refractivity contribution in [2.24, 2.45) is 0 Å². The minimum atomic E-state index is -1.27. The van der Waals surface area contributed by atoms with Crippen molar-refractivity contribution in [3.05, 3.63) is 69.8 Å². The van der Waals surface area contributed by atoms with Gasteiger partial charge in [-0.3, -0.25) is 4.79 Å². The maximum absolute atomic E-state index is 14.6. The van der Waals surface area contributed by atoms with Crippen LogP contribution in [0, 0.1) is 5.82 Å². The van der Waals surface area contributed by atoms with Gasteiger partial charge in [0.2, 0.25) is 5.43 Å². The van der Waals surface area contributed by atoms with E-state index in [0.29, 0.717) is 11.2 Å². The lowest BCUT2D eigenvalue weighted by Gasteiger charge is -2.28. The van der Waals surface area contributed by atoms with Crippen LogP contribution in [0.2, 0.25) is 0 Å². The number of phenolic OH excluding ortho intramolecular Hbond substituents is 1. The predicted molar refractivity (Wildman–Crippen MR) is 122 cm³/mol. The lowest BCUT2D eigenvalue weighted by molar-refractivity contribution is -0.655. The number of carboxylic acids is 2. The van der Waals surface area contributed by atoms with Crippen molar-refractivity contribution in [3.63, 3.8) is 0 Å². The van der Waals surface area contributed by atoms with Crippen LogP contribution < -0.4 is 28.1 Å². The maximum atomic E-state index is 14.6.